The predicted octanol–water partition coefficient (Wildman–Crippen LogP) is 2.29. The molecule has 4 heteroatoms. The number of aryl methyl sites for hydroxylation is 1. The van der Waals surface area contributed by atoms with E-state index >= 15 is 0 Å². The molecule has 0 saturated carbocycles. The molecule has 0 spiro atoms. The van der Waals surface area contributed by atoms with Crippen LogP contribution in [-0.2, 0) is 0 Å². The van der Waals surface area contributed by atoms with E-state index in [2.05, 4.69) is 10.2 Å². The van der Waals surface area contributed by atoms with Crippen molar-refractivity contribution >= 4 is 16.7 Å². The summed E-state index contributed by atoms with van der Waals surface area (Å²) in [7, 11) is 0. The Balaban J connectivity index is 2.14. The summed E-state index contributed by atoms with van der Waals surface area (Å²) in [6.07, 6.45) is 1.63. The maximum absolute atomic E-state index is 13.9. The second-order valence-electron chi connectivity index (χ2n) is 4.40. The van der Waals surface area contributed by atoms with Crippen LogP contribution in [0, 0.1) is 12.7 Å². The third-order valence-corrected chi connectivity index (χ3v) is 3.38. The normalized spacial score (nSPS) is 16.7. The molecule has 1 aromatic carbocycles. The Morgan fingerprint density at radius 2 is 2.12 bits per heavy atom. The molecule has 0 unspecified atom stereocenters. The van der Waals surface area contributed by atoms with Gasteiger partial charge in [0.15, 0.2) is 5.58 Å². The molecule has 2 heterocycles. The Hall–Kier alpha value is -1.55. The fourth-order valence-electron chi connectivity index (χ4n) is 2.37. The molecular formula is C13H15FN2O. The van der Waals surface area contributed by atoms with Gasteiger partial charge in [0, 0.05) is 37.6 Å². The van der Waals surface area contributed by atoms with E-state index in [0.717, 1.165) is 42.8 Å². The molecular weight excluding hydrogens is 219 g/mol. The maximum Gasteiger partial charge on any atom is 0.157 e. The number of rotatable bonds is 1. The number of nitrogens with one attached hydrogen (secondary N) is 1. The van der Waals surface area contributed by atoms with Gasteiger partial charge in [0.2, 0.25) is 0 Å². The van der Waals surface area contributed by atoms with Crippen LogP contribution in [0.2, 0.25) is 0 Å². The zero-order valence-electron chi connectivity index (χ0n) is 9.79. The van der Waals surface area contributed by atoms with Gasteiger partial charge in [-0.05, 0) is 18.6 Å². The van der Waals surface area contributed by atoms with E-state index in [-0.39, 0.29) is 5.82 Å². The smallest absolute Gasteiger partial charge is 0.157 e. The van der Waals surface area contributed by atoms with Crippen LogP contribution in [0.15, 0.2) is 22.8 Å². The van der Waals surface area contributed by atoms with Crippen molar-refractivity contribution in [2.45, 2.75) is 6.92 Å². The molecule has 0 aliphatic carbocycles. The number of anilines is 1. The Morgan fingerprint density at radius 1 is 1.35 bits per heavy atom. The summed E-state index contributed by atoms with van der Waals surface area (Å²) < 4.78 is 19.4. The monoisotopic (exact) mass is 234 g/mol. The number of piperazine rings is 1. The van der Waals surface area contributed by atoms with Crippen molar-refractivity contribution in [1.29, 1.82) is 0 Å². The van der Waals surface area contributed by atoms with Gasteiger partial charge in [0.25, 0.3) is 0 Å². The van der Waals surface area contributed by atoms with E-state index in [1.807, 2.05) is 6.07 Å². The molecule has 0 bridgehead atoms. The van der Waals surface area contributed by atoms with Crippen molar-refractivity contribution in [2.24, 2.45) is 0 Å². The quantitative estimate of drug-likeness (QED) is 0.820. The first-order chi connectivity index (χ1) is 8.27. The Bertz CT molecular complexity index is 544. The lowest BCUT2D eigenvalue weighted by Gasteiger charge is -2.29. The van der Waals surface area contributed by atoms with Crippen molar-refractivity contribution in [3.05, 3.63) is 29.8 Å². The fourth-order valence-corrected chi connectivity index (χ4v) is 2.37. The number of hydrogen-bond acceptors (Lipinski definition) is 3. The number of hydrogen-bond donors (Lipinski definition) is 1. The van der Waals surface area contributed by atoms with Gasteiger partial charge in [-0.2, -0.15) is 0 Å². The summed E-state index contributed by atoms with van der Waals surface area (Å²) in [6, 6.07) is 3.42. The first-order valence-corrected chi connectivity index (χ1v) is 5.89. The molecule has 17 heavy (non-hydrogen) atoms. The lowest BCUT2D eigenvalue weighted by Crippen LogP contribution is -2.43. The summed E-state index contributed by atoms with van der Waals surface area (Å²) in [5, 5.41) is 4.16. The standard InChI is InChI=1S/C13H15FN2O/c1-9-10-2-7-17-13(10)12(8-11(9)14)16-5-3-15-4-6-16/h2,7-8,15H,3-6H2,1H3. The summed E-state index contributed by atoms with van der Waals surface area (Å²) in [5.74, 6) is -0.160. The van der Waals surface area contributed by atoms with Crippen molar-refractivity contribution in [3.63, 3.8) is 0 Å². The molecule has 1 saturated heterocycles. The Morgan fingerprint density at radius 3 is 2.88 bits per heavy atom. The SMILES string of the molecule is Cc1c(F)cc(N2CCNCC2)c2occc12. The molecule has 1 N–H and O–H groups in total. The van der Waals surface area contributed by atoms with E-state index in [1.54, 1.807) is 19.3 Å². The molecule has 3 nitrogen and oxygen atoms in total. The highest BCUT2D eigenvalue weighted by molar-refractivity contribution is 5.92. The second-order valence-corrected chi connectivity index (χ2v) is 4.40. The van der Waals surface area contributed by atoms with Crippen molar-refractivity contribution in [1.82, 2.24) is 5.32 Å². The molecule has 1 aliphatic rings. The molecule has 0 amide bonds. The van der Waals surface area contributed by atoms with Crippen LogP contribution in [-0.4, -0.2) is 26.2 Å². The molecule has 3 rings (SSSR count). The van der Waals surface area contributed by atoms with E-state index in [4.69, 9.17) is 4.42 Å². The van der Waals surface area contributed by atoms with Gasteiger partial charge in [-0.25, -0.2) is 4.39 Å². The van der Waals surface area contributed by atoms with E-state index < -0.39 is 0 Å². The zero-order valence-corrected chi connectivity index (χ0v) is 9.79. The van der Waals surface area contributed by atoms with Crippen molar-refractivity contribution in [2.75, 3.05) is 31.1 Å². The number of fused-ring (bicyclic) bond motifs is 1. The lowest BCUT2D eigenvalue weighted by atomic mass is 10.1. The average Bonchev–Trinajstić information content (AvgIpc) is 2.84. The number of nitrogens with zero attached hydrogens (tertiary/aromatic N) is 1. The Labute approximate surface area is 99.2 Å². The molecule has 0 atom stereocenters. The third kappa shape index (κ3) is 1.69. The highest BCUT2D eigenvalue weighted by atomic mass is 19.1. The van der Waals surface area contributed by atoms with Crippen LogP contribution < -0.4 is 10.2 Å². The minimum atomic E-state index is -0.160. The van der Waals surface area contributed by atoms with Gasteiger partial charge in [0.05, 0.1) is 12.0 Å². The number of benzene rings is 1. The van der Waals surface area contributed by atoms with E-state index in [1.165, 1.54) is 0 Å². The summed E-state index contributed by atoms with van der Waals surface area (Å²) >= 11 is 0. The topological polar surface area (TPSA) is 28.4 Å². The van der Waals surface area contributed by atoms with Crippen LogP contribution in [0.1, 0.15) is 5.56 Å². The molecule has 2 aromatic rings. The second kappa shape index (κ2) is 4.04. The van der Waals surface area contributed by atoms with Crippen LogP contribution in [0.3, 0.4) is 0 Å². The molecule has 90 valence electrons. The molecule has 1 aliphatic heterocycles. The molecule has 0 radical (unpaired) electrons. The highest BCUT2D eigenvalue weighted by Crippen LogP contribution is 2.32. The van der Waals surface area contributed by atoms with Gasteiger partial charge in [0.1, 0.15) is 5.82 Å². The summed E-state index contributed by atoms with van der Waals surface area (Å²) in [4.78, 5) is 2.17. The van der Waals surface area contributed by atoms with Crippen LogP contribution in [0.4, 0.5) is 10.1 Å². The van der Waals surface area contributed by atoms with Gasteiger partial charge in [-0.1, -0.05) is 0 Å². The van der Waals surface area contributed by atoms with Crippen LogP contribution >= 0.6 is 0 Å². The van der Waals surface area contributed by atoms with Crippen molar-refractivity contribution < 1.29 is 8.81 Å². The maximum atomic E-state index is 13.9. The van der Waals surface area contributed by atoms with Gasteiger partial charge < -0.3 is 14.6 Å². The minimum absolute atomic E-state index is 0.160. The summed E-state index contributed by atoms with van der Waals surface area (Å²) in [6.45, 7) is 5.42. The third-order valence-electron chi connectivity index (χ3n) is 3.38. The molecule has 1 aromatic heterocycles. The zero-order chi connectivity index (χ0) is 11.8. The largest absolute Gasteiger partial charge is 0.462 e. The highest BCUT2D eigenvalue weighted by Gasteiger charge is 2.18. The first kappa shape index (κ1) is 10.6. The van der Waals surface area contributed by atoms with Crippen LogP contribution in [0.25, 0.3) is 11.0 Å². The Kier molecular flexibility index (Phi) is 2.52. The fraction of sp³-hybridized carbons (Fsp3) is 0.385. The lowest BCUT2D eigenvalue weighted by molar-refractivity contribution is 0.573. The number of halogens is 1. The van der Waals surface area contributed by atoms with Crippen molar-refractivity contribution in [3.8, 4) is 0 Å². The van der Waals surface area contributed by atoms with Gasteiger partial charge in [-0.15, -0.1) is 0 Å². The number of furan rings is 1. The van der Waals surface area contributed by atoms with E-state index in [0.29, 0.717) is 5.56 Å². The average molecular weight is 234 g/mol. The molecule has 1 fully saturated rings. The first-order valence-electron chi connectivity index (χ1n) is 5.89. The van der Waals surface area contributed by atoms with Gasteiger partial charge >= 0.3 is 0 Å². The van der Waals surface area contributed by atoms with E-state index in [9.17, 15) is 4.39 Å². The van der Waals surface area contributed by atoms with Crippen LogP contribution in [0.5, 0.6) is 0 Å². The predicted molar refractivity (Wildman–Crippen MR) is 66.0 cm³/mol. The summed E-state index contributed by atoms with van der Waals surface area (Å²) in [5.41, 5.74) is 2.33. The van der Waals surface area contributed by atoms with Gasteiger partial charge in [-0.3, -0.25) is 0 Å². The minimum Gasteiger partial charge on any atom is -0.462 e.